The van der Waals surface area contributed by atoms with E-state index in [-0.39, 0.29) is 29.2 Å². The summed E-state index contributed by atoms with van der Waals surface area (Å²) in [6.45, 7) is 0. The molecule has 5 nitrogen and oxygen atoms in total. The highest BCUT2D eigenvalue weighted by Crippen LogP contribution is 2.25. The number of hydrogen-bond donors (Lipinski definition) is 1. The fourth-order valence-corrected chi connectivity index (χ4v) is 5.06. The number of carbonyl (C=O) groups excluding carboxylic acids is 1. The minimum Gasteiger partial charge on any atom is -0.459 e. The molecule has 1 aromatic carbocycles. The molecule has 1 saturated heterocycles. The first-order valence-corrected chi connectivity index (χ1v) is 10.1. The molecule has 1 N–H and O–H groups in total. The van der Waals surface area contributed by atoms with Gasteiger partial charge in [-0.15, -0.1) is 11.8 Å². The van der Waals surface area contributed by atoms with Gasteiger partial charge in [0.05, 0.1) is 17.8 Å². The molecule has 2 heterocycles. The van der Waals surface area contributed by atoms with Gasteiger partial charge in [-0.2, -0.15) is 0 Å². The van der Waals surface area contributed by atoms with Crippen LogP contribution in [0.4, 0.5) is 0 Å². The molecule has 0 radical (unpaired) electrons. The second kappa shape index (κ2) is 6.80. The SMILES string of the molecule is O=C(NC1CCS(=O)(=O)C1)c1occc1CSc1ccccc1. The Labute approximate surface area is 139 Å². The third-order valence-corrected chi connectivity index (χ3v) is 6.49. The van der Waals surface area contributed by atoms with E-state index in [1.807, 2.05) is 30.3 Å². The van der Waals surface area contributed by atoms with Crippen molar-refractivity contribution in [1.82, 2.24) is 5.32 Å². The Morgan fingerprint density at radius 1 is 1.26 bits per heavy atom. The molecule has 122 valence electrons. The lowest BCUT2D eigenvalue weighted by Gasteiger charge is -2.10. The first-order chi connectivity index (χ1) is 11.0. The Kier molecular flexibility index (Phi) is 4.77. The van der Waals surface area contributed by atoms with E-state index < -0.39 is 9.84 Å². The molecule has 1 atom stereocenters. The molecule has 1 unspecified atom stereocenters. The molecule has 7 heteroatoms. The number of amides is 1. The fourth-order valence-electron chi connectivity index (χ4n) is 2.49. The van der Waals surface area contributed by atoms with E-state index in [4.69, 9.17) is 4.42 Å². The lowest BCUT2D eigenvalue weighted by molar-refractivity contribution is 0.0912. The zero-order chi connectivity index (χ0) is 16.3. The van der Waals surface area contributed by atoms with E-state index in [0.717, 1.165) is 10.5 Å². The summed E-state index contributed by atoms with van der Waals surface area (Å²) in [5.41, 5.74) is 0.803. The summed E-state index contributed by atoms with van der Waals surface area (Å²) in [6.07, 6.45) is 1.95. The van der Waals surface area contributed by atoms with E-state index in [1.165, 1.54) is 6.26 Å². The van der Waals surface area contributed by atoms with Gasteiger partial charge in [0.1, 0.15) is 0 Å². The Morgan fingerprint density at radius 2 is 2.04 bits per heavy atom. The van der Waals surface area contributed by atoms with Crippen molar-refractivity contribution in [2.24, 2.45) is 0 Å². The highest BCUT2D eigenvalue weighted by atomic mass is 32.2. The summed E-state index contributed by atoms with van der Waals surface area (Å²) in [5, 5.41) is 2.75. The maximum Gasteiger partial charge on any atom is 0.287 e. The standard InChI is InChI=1S/C16H17NO4S2/c18-16(17-13-7-9-23(19,20)11-13)15-12(6-8-21-15)10-22-14-4-2-1-3-5-14/h1-6,8,13H,7,9-11H2,(H,17,18). The molecule has 23 heavy (non-hydrogen) atoms. The number of nitrogens with one attached hydrogen (secondary N) is 1. The second-order valence-electron chi connectivity index (χ2n) is 5.45. The smallest absolute Gasteiger partial charge is 0.287 e. The topological polar surface area (TPSA) is 76.4 Å². The van der Waals surface area contributed by atoms with Gasteiger partial charge in [0.25, 0.3) is 5.91 Å². The zero-order valence-corrected chi connectivity index (χ0v) is 14.0. The Hall–Kier alpha value is -1.73. The summed E-state index contributed by atoms with van der Waals surface area (Å²) in [7, 11) is -3.02. The number of hydrogen-bond acceptors (Lipinski definition) is 5. The normalized spacial score (nSPS) is 19.6. The van der Waals surface area contributed by atoms with Crippen molar-refractivity contribution in [3.63, 3.8) is 0 Å². The molecule has 0 spiro atoms. The van der Waals surface area contributed by atoms with Crippen LogP contribution in [0.1, 0.15) is 22.5 Å². The first-order valence-electron chi connectivity index (χ1n) is 7.29. The summed E-state index contributed by atoms with van der Waals surface area (Å²) in [6, 6.07) is 11.3. The molecule has 0 aliphatic carbocycles. The third-order valence-electron chi connectivity index (χ3n) is 3.66. The van der Waals surface area contributed by atoms with Gasteiger partial charge in [0.15, 0.2) is 15.6 Å². The highest BCUT2D eigenvalue weighted by molar-refractivity contribution is 7.98. The second-order valence-corrected chi connectivity index (χ2v) is 8.73. The Bertz CT molecular complexity index is 783. The van der Waals surface area contributed by atoms with Gasteiger partial charge in [-0.3, -0.25) is 4.79 Å². The predicted octanol–water partition coefficient (Wildman–Crippen LogP) is 2.49. The van der Waals surface area contributed by atoms with Crippen LogP contribution in [0.3, 0.4) is 0 Å². The minimum atomic E-state index is -3.02. The minimum absolute atomic E-state index is 0.00749. The summed E-state index contributed by atoms with van der Waals surface area (Å²) >= 11 is 1.62. The molecule has 0 saturated carbocycles. The van der Waals surface area contributed by atoms with Crippen molar-refractivity contribution in [2.45, 2.75) is 23.1 Å². The lowest BCUT2D eigenvalue weighted by Crippen LogP contribution is -2.35. The molecule has 1 aliphatic rings. The number of thioether (sulfide) groups is 1. The van der Waals surface area contributed by atoms with Crippen LogP contribution < -0.4 is 5.32 Å². The van der Waals surface area contributed by atoms with Gasteiger partial charge in [-0.05, 0) is 24.6 Å². The molecule has 3 rings (SSSR count). The van der Waals surface area contributed by atoms with Crippen molar-refractivity contribution in [3.05, 3.63) is 54.0 Å². The number of sulfone groups is 1. The lowest BCUT2D eigenvalue weighted by atomic mass is 10.2. The van der Waals surface area contributed by atoms with Crippen molar-refractivity contribution < 1.29 is 17.6 Å². The molecule has 0 bridgehead atoms. The predicted molar refractivity (Wildman–Crippen MR) is 89.2 cm³/mol. The molecule has 2 aromatic rings. The maximum atomic E-state index is 12.3. The third kappa shape index (κ3) is 4.17. The van der Waals surface area contributed by atoms with Crippen molar-refractivity contribution in [2.75, 3.05) is 11.5 Å². The fraction of sp³-hybridized carbons (Fsp3) is 0.312. The highest BCUT2D eigenvalue weighted by Gasteiger charge is 2.30. The van der Waals surface area contributed by atoms with Crippen molar-refractivity contribution in [1.29, 1.82) is 0 Å². The summed E-state index contributed by atoms with van der Waals surface area (Å²) in [4.78, 5) is 13.4. The Morgan fingerprint density at radius 3 is 2.74 bits per heavy atom. The zero-order valence-electron chi connectivity index (χ0n) is 12.4. The van der Waals surface area contributed by atoms with E-state index in [9.17, 15) is 13.2 Å². The van der Waals surface area contributed by atoms with Gasteiger partial charge in [0.2, 0.25) is 0 Å². The van der Waals surface area contributed by atoms with E-state index in [1.54, 1.807) is 17.8 Å². The van der Waals surface area contributed by atoms with Crippen LogP contribution in [-0.2, 0) is 15.6 Å². The van der Waals surface area contributed by atoms with Gasteiger partial charge in [-0.25, -0.2) is 8.42 Å². The average Bonchev–Trinajstić information content (AvgIpc) is 3.12. The van der Waals surface area contributed by atoms with Crippen LogP contribution in [0, 0.1) is 0 Å². The van der Waals surface area contributed by atoms with Crippen molar-refractivity contribution >= 4 is 27.5 Å². The molecular weight excluding hydrogens is 334 g/mol. The van der Waals surface area contributed by atoms with Crippen LogP contribution in [0.2, 0.25) is 0 Å². The van der Waals surface area contributed by atoms with E-state index in [0.29, 0.717) is 12.2 Å². The van der Waals surface area contributed by atoms with Crippen LogP contribution in [-0.4, -0.2) is 31.9 Å². The summed E-state index contributed by atoms with van der Waals surface area (Å²) in [5.74, 6) is 0.672. The van der Waals surface area contributed by atoms with E-state index >= 15 is 0 Å². The molecule has 1 aliphatic heterocycles. The number of benzene rings is 1. The van der Waals surface area contributed by atoms with Crippen LogP contribution in [0.25, 0.3) is 0 Å². The monoisotopic (exact) mass is 351 g/mol. The summed E-state index contributed by atoms with van der Waals surface area (Å²) < 4.78 is 28.2. The quantitative estimate of drug-likeness (QED) is 0.838. The maximum absolute atomic E-state index is 12.3. The number of rotatable bonds is 5. The molecule has 1 amide bonds. The average molecular weight is 351 g/mol. The van der Waals surface area contributed by atoms with Gasteiger partial charge < -0.3 is 9.73 Å². The first kappa shape index (κ1) is 16.1. The van der Waals surface area contributed by atoms with Crippen LogP contribution >= 0.6 is 11.8 Å². The van der Waals surface area contributed by atoms with Crippen LogP contribution in [0.15, 0.2) is 52.0 Å². The van der Waals surface area contributed by atoms with Crippen LogP contribution in [0.5, 0.6) is 0 Å². The number of furan rings is 1. The van der Waals surface area contributed by atoms with Gasteiger partial charge in [-0.1, -0.05) is 18.2 Å². The largest absolute Gasteiger partial charge is 0.459 e. The van der Waals surface area contributed by atoms with E-state index in [2.05, 4.69) is 5.32 Å². The molecule has 1 fully saturated rings. The molecule has 1 aromatic heterocycles. The Balaban J connectivity index is 1.62. The van der Waals surface area contributed by atoms with Gasteiger partial charge in [0, 0.05) is 22.3 Å². The van der Waals surface area contributed by atoms with Gasteiger partial charge >= 0.3 is 0 Å². The van der Waals surface area contributed by atoms with Crippen molar-refractivity contribution in [3.8, 4) is 0 Å². The molecular formula is C16H17NO4S2. The number of carbonyl (C=O) groups is 1.